The normalized spacial score (nSPS) is 11.3. The maximum atomic E-state index is 5.58. The van der Waals surface area contributed by atoms with Crippen LogP contribution in [0.25, 0.3) is 32.9 Å². The molecule has 0 bridgehead atoms. The van der Waals surface area contributed by atoms with E-state index < -0.39 is 0 Å². The van der Waals surface area contributed by atoms with Crippen LogP contribution in [0.1, 0.15) is 12.5 Å². The van der Waals surface area contributed by atoms with E-state index in [2.05, 4.69) is 73.0 Å². The smallest absolute Gasteiger partial charge is 0.126 e. The van der Waals surface area contributed by atoms with Gasteiger partial charge in [-0.2, -0.15) is 0 Å². The molecule has 0 spiro atoms. The molecule has 0 aliphatic heterocycles. The number of aromatic nitrogens is 1. The molecule has 3 aromatic carbocycles. The van der Waals surface area contributed by atoms with Crippen molar-refractivity contribution in [2.75, 3.05) is 7.11 Å². The van der Waals surface area contributed by atoms with Crippen molar-refractivity contribution >= 4 is 21.8 Å². The van der Waals surface area contributed by atoms with Crippen molar-refractivity contribution in [3.63, 3.8) is 0 Å². The standard InChI is InChI=1S/C22H21NO/c1-4-23-20-8-6-5-7-17(20)19-14-16(10-11-21(19)23)18-13-15(2)9-12-22(18)24-3/h5-14H,4H2,1-3H3. The highest BCUT2D eigenvalue weighted by Gasteiger charge is 2.12. The summed E-state index contributed by atoms with van der Waals surface area (Å²) in [5, 5.41) is 2.61. The summed E-state index contributed by atoms with van der Waals surface area (Å²) in [6, 6.07) is 21.7. The fraction of sp³-hybridized carbons (Fsp3) is 0.182. The number of hydrogen-bond donors (Lipinski definition) is 0. The molecule has 0 unspecified atom stereocenters. The summed E-state index contributed by atoms with van der Waals surface area (Å²) in [4.78, 5) is 0. The van der Waals surface area contributed by atoms with E-state index in [4.69, 9.17) is 4.74 Å². The van der Waals surface area contributed by atoms with E-state index >= 15 is 0 Å². The Balaban J connectivity index is 2.03. The van der Waals surface area contributed by atoms with Gasteiger partial charge < -0.3 is 9.30 Å². The van der Waals surface area contributed by atoms with Crippen molar-refractivity contribution in [1.29, 1.82) is 0 Å². The second-order valence-electron chi connectivity index (χ2n) is 6.20. The van der Waals surface area contributed by atoms with Crippen molar-refractivity contribution in [3.05, 3.63) is 66.2 Å². The average Bonchev–Trinajstić information content (AvgIpc) is 2.94. The van der Waals surface area contributed by atoms with E-state index in [1.54, 1.807) is 7.11 Å². The zero-order valence-electron chi connectivity index (χ0n) is 14.3. The predicted molar refractivity (Wildman–Crippen MR) is 102 cm³/mol. The van der Waals surface area contributed by atoms with Crippen molar-refractivity contribution in [2.45, 2.75) is 20.4 Å². The van der Waals surface area contributed by atoms with E-state index in [1.165, 1.54) is 32.9 Å². The number of hydrogen-bond acceptors (Lipinski definition) is 1. The van der Waals surface area contributed by atoms with Gasteiger partial charge in [-0.05, 0) is 49.7 Å². The lowest BCUT2D eigenvalue weighted by Crippen LogP contribution is -1.93. The van der Waals surface area contributed by atoms with Crippen LogP contribution in [-0.2, 0) is 6.54 Å². The van der Waals surface area contributed by atoms with Gasteiger partial charge in [-0.25, -0.2) is 0 Å². The molecule has 0 radical (unpaired) electrons. The Hall–Kier alpha value is -2.74. The number of methoxy groups -OCH3 is 1. The van der Waals surface area contributed by atoms with E-state index in [0.717, 1.165) is 17.9 Å². The lowest BCUT2D eigenvalue weighted by molar-refractivity contribution is 0.416. The van der Waals surface area contributed by atoms with Crippen molar-refractivity contribution in [3.8, 4) is 16.9 Å². The van der Waals surface area contributed by atoms with Gasteiger partial charge in [-0.1, -0.05) is 35.9 Å². The van der Waals surface area contributed by atoms with Crippen LogP contribution >= 0.6 is 0 Å². The molecule has 0 saturated heterocycles. The number of rotatable bonds is 3. The summed E-state index contributed by atoms with van der Waals surface area (Å²) in [5.41, 5.74) is 6.16. The van der Waals surface area contributed by atoms with E-state index in [1.807, 2.05) is 6.07 Å². The minimum absolute atomic E-state index is 0.916. The molecular formula is C22H21NO. The molecule has 0 N–H and O–H groups in total. The third kappa shape index (κ3) is 2.18. The number of nitrogens with zero attached hydrogens (tertiary/aromatic N) is 1. The molecule has 120 valence electrons. The summed E-state index contributed by atoms with van der Waals surface area (Å²) in [6.07, 6.45) is 0. The van der Waals surface area contributed by atoms with E-state index in [0.29, 0.717) is 0 Å². The fourth-order valence-electron chi connectivity index (χ4n) is 3.61. The third-order valence-corrected chi connectivity index (χ3v) is 4.75. The molecule has 1 aromatic heterocycles. The monoisotopic (exact) mass is 315 g/mol. The predicted octanol–water partition coefficient (Wildman–Crippen LogP) is 5.80. The summed E-state index contributed by atoms with van der Waals surface area (Å²) in [6.45, 7) is 5.28. The van der Waals surface area contributed by atoms with Gasteiger partial charge in [0.25, 0.3) is 0 Å². The maximum absolute atomic E-state index is 5.58. The van der Waals surface area contributed by atoms with Crippen molar-refractivity contribution in [2.24, 2.45) is 0 Å². The van der Waals surface area contributed by atoms with Gasteiger partial charge in [0.1, 0.15) is 5.75 Å². The molecule has 0 atom stereocenters. The molecule has 24 heavy (non-hydrogen) atoms. The van der Waals surface area contributed by atoms with Crippen LogP contribution in [0.4, 0.5) is 0 Å². The topological polar surface area (TPSA) is 14.2 Å². The molecule has 4 aromatic rings. The highest BCUT2D eigenvalue weighted by molar-refractivity contribution is 6.09. The molecule has 2 heteroatoms. The lowest BCUT2D eigenvalue weighted by Gasteiger charge is -2.10. The number of benzene rings is 3. The third-order valence-electron chi connectivity index (χ3n) is 4.75. The second-order valence-corrected chi connectivity index (χ2v) is 6.20. The molecular weight excluding hydrogens is 294 g/mol. The summed E-state index contributed by atoms with van der Waals surface area (Å²) in [7, 11) is 1.73. The van der Waals surface area contributed by atoms with Crippen LogP contribution < -0.4 is 4.74 Å². The summed E-state index contributed by atoms with van der Waals surface area (Å²) < 4.78 is 7.95. The van der Waals surface area contributed by atoms with Gasteiger partial charge in [0.15, 0.2) is 0 Å². The highest BCUT2D eigenvalue weighted by Crippen LogP contribution is 2.36. The van der Waals surface area contributed by atoms with Crippen molar-refractivity contribution in [1.82, 2.24) is 4.57 Å². The number of ether oxygens (including phenoxy) is 1. The molecule has 0 aliphatic rings. The fourth-order valence-corrected chi connectivity index (χ4v) is 3.61. The lowest BCUT2D eigenvalue weighted by atomic mass is 10.00. The molecule has 4 rings (SSSR count). The maximum Gasteiger partial charge on any atom is 0.126 e. The first kappa shape index (κ1) is 14.8. The van der Waals surface area contributed by atoms with Crippen LogP contribution in [-0.4, -0.2) is 11.7 Å². The Morgan fingerprint density at radius 1 is 0.875 bits per heavy atom. The molecule has 0 amide bonds. The first-order valence-electron chi connectivity index (χ1n) is 8.39. The Bertz CT molecular complexity index is 1040. The number of aryl methyl sites for hydroxylation is 2. The van der Waals surface area contributed by atoms with Gasteiger partial charge in [-0.3, -0.25) is 0 Å². The Morgan fingerprint density at radius 2 is 1.67 bits per heavy atom. The van der Waals surface area contributed by atoms with Crippen LogP contribution in [0.3, 0.4) is 0 Å². The first-order chi connectivity index (χ1) is 11.7. The molecule has 1 heterocycles. The zero-order chi connectivity index (χ0) is 16.7. The quantitative estimate of drug-likeness (QED) is 0.466. The van der Waals surface area contributed by atoms with Gasteiger partial charge >= 0.3 is 0 Å². The Kier molecular flexibility index (Phi) is 3.53. The number of para-hydroxylation sites is 1. The minimum atomic E-state index is 0.916. The highest BCUT2D eigenvalue weighted by atomic mass is 16.5. The molecule has 0 saturated carbocycles. The Labute approximate surface area is 142 Å². The zero-order valence-corrected chi connectivity index (χ0v) is 14.3. The molecule has 2 nitrogen and oxygen atoms in total. The van der Waals surface area contributed by atoms with Gasteiger partial charge in [0.05, 0.1) is 7.11 Å². The second kappa shape index (κ2) is 5.72. The van der Waals surface area contributed by atoms with Crippen LogP contribution in [0.15, 0.2) is 60.7 Å². The van der Waals surface area contributed by atoms with Crippen molar-refractivity contribution < 1.29 is 4.74 Å². The largest absolute Gasteiger partial charge is 0.496 e. The van der Waals surface area contributed by atoms with Crippen LogP contribution in [0.5, 0.6) is 5.75 Å². The van der Waals surface area contributed by atoms with E-state index in [9.17, 15) is 0 Å². The summed E-state index contributed by atoms with van der Waals surface area (Å²) >= 11 is 0. The van der Waals surface area contributed by atoms with Crippen LogP contribution in [0.2, 0.25) is 0 Å². The SMILES string of the molecule is CCn1c2ccccc2c2cc(-c3cc(C)ccc3OC)ccc21. The first-order valence-corrected chi connectivity index (χ1v) is 8.39. The Morgan fingerprint density at radius 3 is 2.46 bits per heavy atom. The molecule has 0 fully saturated rings. The molecule has 0 aliphatic carbocycles. The van der Waals surface area contributed by atoms with Gasteiger partial charge in [-0.15, -0.1) is 0 Å². The average molecular weight is 315 g/mol. The number of fused-ring (bicyclic) bond motifs is 3. The minimum Gasteiger partial charge on any atom is -0.496 e. The van der Waals surface area contributed by atoms with Gasteiger partial charge in [0, 0.05) is 33.9 Å². The van der Waals surface area contributed by atoms with Gasteiger partial charge in [0.2, 0.25) is 0 Å². The summed E-state index contributed by atoms with van der Waals surface area (Å²) in [5.74, 6) is 0.916. The van der Waals surface area contributed by atoms with E-state index in [-0.39, 0.29) is 0 Å². The van der Waals surface area contributed by atoms with Crippen LogP contribution in [0, 0.1) is 6.92 Å².